The summed E-state index contributed by atoms with van der Waals surface area (Å²) in [7, 11) is 5.79. The van der Waals surface area contributed by atoms with Crippen LogP contribution in [0.5, 0.6) is 0 Å². The zero-order chi connectivity index (χ0) is 14.4. The monoisotopic (exact) mass is 401 g/mol. The van der Waals surface area contributed by atoms with Crippen molar-refractivity contribution in [2.75, 3.05) is 26.0 Å². The van der Waals surface area contributed by atoms with Crippen molar-refractivity contribution in [2.45, 2.75) is 25.4 Å². The van der Waals surface area contributed by atoms with Crippen LogP contribution in [0, 0.1) is 0 Å². The lowest BCUT2D eigenvalue weighted by atomic mass is 10.2. The molecule has 21 heavy (non-hydrogen) atoms. The molecular weight excluding hydrogens is 377 g/mol. The Balaban J connectivity index is 0.00000220. The van der Waals surface area contributed by atoms with Gasteiger partial charge in [0.15, 0.2) is 5.96 Å². The van der Waals surface area contributed by atoms with Gasteiger partial charge in [0.05, 0.1) is 0 Å². The first-order valence-corrected chi connectivity index (χ1v) is 6.93. The Morgan fingerprint density at radius 2 is 2.10 bits per heavy atom. The quantitative estimate of drug-likeness (QED) is 0.352. The molecule has 5 nitrogen and oxygen atoms in total. The van der Waals surface area contributed by atoms with Crippen LogP contribution in [0.4, 0.5) is 5.82 Å². The van der Waals surface area contributed by atoms with E-state index in [0.29, 0.717) is 6.04 Å². The van der Waals surface area contributed by atoms with E-state index in [2.05, 4.69) is 38.8 Å². The standard InChI is InChI=1S/C15H23N5.HI/c1-16-15(19-13-6-4-5-7-13)18-11-12-8-9-17-14(10-12)20(2)3;/h4-5,8-10,13H,6-7,11H2,1-3H3,(H2,16,18,19);1H. The molecule has 2 rings (SSSR count). The van der Waals surface area contributed by atoms with Crippen LogP contribution in [0.15, 0.2) is 35.5 Å². The fourth-order valence-corrected chi connectivity index (χ4v) is 2.12. The summed E-state index contributed by atoms with van der Waals surface area (Å²) >= 11 is 0. The number of nitrogens with one attached hydrogen (secondary N) is 2. The maximum atomic E-state index is 4.31. The van der Waals surface area contributed by atoms with Gasteiger partial charge in [-0.3, -0.25) is 4.99 Å². The van der Waals surface area contributed by atoms with Crippen LogP contribution >= 0.6 is 24.0 Å². The highest BCUT2D eigenvalue weighted by Gasteiger charge is 2.11. The summed E-state index contributed by atoms with van der Waals surface area (Å²) < 4.78 is 0. The van der Waals surface area contributed by atoms with Crippen molar-refractivity contribution in [1.29, 1.82) is 0 Å². The Kier molecular flexibility index (Phi) is 7.49. The van der Waals surface area contributed by atoms with Crippen molar-refractivity contribution in [3.05, 3.63) is 36.0 Å². The molecule has 6 heteroatoms. The molecule has 0 radical (unpaired) electrons. The van der Waals surface area contributed by atoms with Gasteiger partial charge >= 0.3 is 0 Å². The summed E-state index contributed by atoms with van der Waals surface area (Å²) in [5.41, 5.74) is 1.19. The minimum atomic E-state index is 0. The summed E-state index contributed by atoms with van der Waals surface area (Å²) in [6.45, 7) is 0.739. The molecule has 116 valence electrons. The molecule has 1 aromatic heterocycles. The molecule has 1 heterocycles. The maximum Gasteiger partial charge on any atom is 0.191 e. The van der Waals surface area contributed by atoms with E-state index in [1.807, 2.05) is 31.3 Å². The van der Waals surface area contributed by atoms with Crippen LogP contribution in [0.3, 0.4) is 0 Å². The van der Waals surface area contributed by atoms with Crippen LogP contribution in [-0.2, 0) is 6.54 Å². The van der Waals surface area contributed by atoms with E-state index in [0.717, 1.165) is 31.2 Å². The van der Waals surface area contributed by atoms with E-state index in [9.17, 15) is 0 Å². The van der Waals surface area contributed by atoms with Gasteiger partial charge in [-0.05, 0) is 30.5 Å². The number of rotatable bonds is 4. The van der Waals surface area contributed by atoms with E-state index in [1.165, 1.54) is 5.56 Å². The largest absolute Gasteiger partial charge is 0.363 e. The van der Waals surface area contributed by atoms with Gasteiger partial charge in [0.25, 0.3) is 0 Å². The summed E-state index contributed by atoms with van der Waals surface area (Å²) in [6, 6.07) is 4.57. The fourth-order valence-electron chi connectivity index (χ4n) is 2.12. The van der Waals surface area contributed by atoms with Gasteiger partial charge in [-0.1, -0.05) is 12.2 Å². The lowest BCUT2D eigenvalue weighted by Crippen LogP contribution is -2.42. The topological polar surface area (TPSA) is 52.6 Å². The fraction of sp³-hybridized carbons (Fsp3) is 0.467. The average molecular weight is 401 g/mol. The second kappa shape index (κ2) is 8.86. The third kappa shape index (κ3) is 5.53. The van der Waals surface area contributed by atoms with E-state index < -0.39 is 0 Å². The normalized spacial score (nSPS) is 14.7. The lowest BCUT2D eigenvalue weighted by Gasteiger charge is -2.17. The Morgan fingerprint density at radius 3 is 2.71 bits per heavy atom. The van der Waals surface area contributed by atoms with Gasteiger partial charge in [-0.2, -0.15) is 0 Å². The highest BCUT2D eigenvalue weighted by atomic mass is 127. The molecule has 0 spiro atoms. The minimum absolute atomic E-state index is 0. The van der Waals surface area contributed by atoms with E-state index in [4.69, 9.17) is 0 Å². The summed E-state index contributed by atoms with van der Waals surface area (Å²) in [5, 5.41) is 6.77. The van der Waals surface area contributed by atoms with Crippen molar-refractivity contribution in [3.63, 3.8) is 0 Å². The first kappa shape index (κ1) is 17.7. The lowest BCUT2D eigenvalue weighted by molar-refractivity contribution is 0.633. The summed E-state index contributed by atoms with van der Waals surface area (Å²) in [5.74, 6) is 1.81. The molecule has 0 saturated heterocycles. The zero-order valence-electron chi connectivity index (χ0n) is 12.8. The van der Waals surface area contributed by atoms with Crippen LogP contribution in [0.25, 0.3) is 0 Å². The first-order valence-electron chi connectivity index (χ1n) is 6.93. The number of guanidine groups is 1. The Hall–Kier alpha value is -1.31. The van der Waals surface area contributed by atoms with Crippen LogP contribution in [0.1, 0.15) is 18.4 Å². The second-order valence-electron chi connectivity index (χ2n) is 5.13. The average Bonchev–Trinajstić information content (AvgIpc) is 2.96. The Labute approximate surface area is 144 Å². The molecule has 1 aromatic rings. The smallest absolute Gasteiger partial charge is 0.191 e. The van der Waals surface area contributed by atoms with E-state index in [-0.39, 0.29) is 24.0 Å². The predicted molar refractivity (Wildman–Crippen MR) is 99.5 cm³/mol. The SMILES string of the molecule is CN=C(NCc1ccnc(N(C)C)c1)NC1CC=CC1.I. The van der Waals surface area contributed by atoms with Crippen molar-refractivity contribution >= 4 is 35.8 Å². The number of nitrogens with zero attached hydrogens (tertiary/aromatic N) is 3. The van der Waals surface area contributed by atoms with E-state index in [1.54, 1.807) is 7.05 Å². The number of aliphatic imine (C=N–C) groups is 1. The van der Waals surface area contributed by atoms with Crippen LogP contribution in [-0.4, -0.2) is 38.1 Å². The van der Waals surface area contributed by atoms with Crippen molar-refractivity contribution in [1.82, 2.24) is 15.6 Å². The summed E-state index contributed by atoms with van der Waals surface area (Å²) in [6.07, 6.45) is 8.39. The molecule has 0 saturated carbocycles. The highest BCUT2D eigenvalue weighted by Crippen LogP contribution is 2.10. The number of hydrogen-bond donors (Lipinski definition) is 2. The van der Waals surface area contributed by atoms with E-state index >= 15 is 0 Å². The second-order valence-corrected chi connectivity index (χ2v) is 5.13. The molecule has 0 aliphatic heterocycles. The molecule has 0 bridgehead atoms. The van der Waals surface area contributed by atoms with Gasteiger partial charge in [0.2, 0.25) is 0 Å². The van der Waals surface area contributed by atoms with Crippen LogP contribution < -0.4 is 15.5 Å². The molecule has 0 aromatic carbocycles. The molecule has 0 unspecified atom stereocenters. The van der Waals surface area contributed by atoms with Gasteiger partial charge in [0, 0.05) is 39.9 Å². The molecule has 1 aliphatic carbocycles. The summed E-state index contributed by atoms with van der Waals surface area (Å²) in [4.78, 5) is 10.6. The van der Waals surface area contributed by atoms with Crippen LogP contribution in [0.2, 0.25) is 0 Å². The molecular formula is C15H24IN5. The minimum Gasteiger partial charge on any atom is -0.363 e. The van der Waals surface area contributed by atoms with Gasteiger partial charge in [-0.25, -0.2) is 4.98 Å². The molecule has 0 amide bonds. The van der Waals surface area contributed by atoms with Crippen molar-refractivity contribution < 1.29 is 0 Å². The highest BCUT2D eigenvalue weighted by molar-refractivity contribution is 14.0. The number of anilines is 1. The number of pyridine rings is 1. The van der Waals surface area contributed by atoms with Gasteiger partial charge < -0.3 is 15.5 Å². The first-order chi connectivity index (χ1) is 9.69. The molecule has 0 atom stereocenters. The predicted octanol–water partition coefficient (Wildman–Crippen LogP) is 2.15. The molecule has 2 N–H and O–H groups in total. The Morgan fingerprint density at radius 1 is 1.38 bits per heavy atom. The molecule has 1 aliphatic rings. The van der Waals surface area contributed by atoms with Crippen molar-refractivity contribution in [3.8, 4) is 0 Å². The third-order valence-corrected chi connectivity index (χ3v) is 3.30. The number of hydrogen-bond acceptors (Lipinski definition) is 3. The number of aromatic nitrogens is 1. The third-order valence-electron chi connectivity index (χ3n) is 3.30. The maximum absolute atomic E-state index is 4.31. The van der Waals surface area contributed by atoms with Gasteiger partial charge in [-0.15, -0.1) is 24.0 Å². The van der Waals surface area contributed by atoms with Crippen molar-refractivity contribution in [2.24, 2.45) is 4.99 Å². The number of halogens is 1. The Bertz CT molecular complexity index is 491. The molecule has 0 fully saturated rings. The zero-order valence-corrected chi connectivity index (χ0v) is 15.2. The van der Waals surface area contributed by atoms with Gasteiger partial charge in [0.1, 0.15) is 5.82 Å².